The first kappa shape index (κ1) is 5.45. The highest BCUT2D eigenvalue weighted by Gasteiger charge is 2.51. The van der Waals surface area contributed by atoms with Gasteiger partial charge in [0.25, 0.3) is 0 Å². The van der Waals surface area contributed by atoms with E-state index in [0.29, 0.717) is 5.92 Å². The molecule has 0 aromatic rings. The van der Waals surface area contributed by atoms with E-state index in [4.69, 9.17) is 0 Å². The van der Waals surface area contributed by atoms with Crippen LogP contribution in [0.1, 0.15) is 19.8 Å². The van der Waals surface area contributed by atoms with Gasteiger partial charge >= 0.3 is 0 Å². The number of carbonyl (C=O) groups is 1. The van der Waals surface area contributed by atoms with Crippen LogP contribution in [-0.2, 0) is 4.79 Å². The van der Waals surface area contributed by atoms with E-state index in [9.17, 15) is 4.79 Å². The first-order valence-corrected chi connectivity index (χ1v) is 3.78. The summed E-state index contributed by atoms with van der Waals surface area (Å²) in [6.07, 6.45) is 3.71. The average Bonchev–Trinajstić information content (AvgIpc) is 2.61. The highest BCUT2D eigenvalue weighted by Crippen LogP contribution is 2.56. The van der Waals surface area contributed by atoms with Gasteiger partial charge in [0.05, 0.1) is 0 Å². The lowest BCUT2D eigenvalue weighted by Crippen LogP contribution is -1.86. The molecule has 0 N–H and O–H groups in total. The Morgan fingerprint density at radius 2 is 2.00 bits per heavy atom. The number of hydrogen-bond acceptors (Lipinski definition) is 1. The van der Waals surface area contributed by atoms with Crippen molar-refractivity contribution in [2.24, 2.45) is 23.7 Å². The fourth-order valence-electron chi connectivity index (χ4n) is 1.83. The Balaban J connectivity index is 1.84. The van der Waals surface area contributed by atoms with Crippen molar-refractivity contribution in [1.82, 2.24) is 0 Å². The van der Waals surface area contributed by atoms with E-state index in [1.54, 1.807) is 0 Å². The van der Waals surface area contributed by atoms with Crippen molar-refractivity contribution in [3.8, 4) is 0 Å². The monoisotopic (exact) mass is 124 g/mol. The lowest BCUT2D eigenvalue weighted by atomic mass is 10.2. The van der Waals surface area contributed by atoms with E-state index in [-0.39, 0.29) is 0 Å². The minimum absolute atomic E-state index is 0.458. The molecule has 0 radical (unpaired) electrons. The molecule has 0 spiro atoms. The fraction of sp³-hybridized carbons (Fsp3) is 0.875. The Morgan fingerprint density at radius 1 is 1.33 bits per heavy atom. The second-order valence-electron chi connectivity index (χ2n) is 3.58. The van der Waals surface area contributed by atoms with E-state index in [0.717, 1.165) is 24.0 Å². The molecule has 1 heteroatoms. The predicted molar refractivity (Wildman–Crippen MR) is 34.9 cm³/mol. The quantitative estimate of drug-likeness (QED) is 0.509. The predicted octanol–water partition coefficient (Wildman–Crippen LogP) is 1.48. The van der Waals surface area contributed by atoms with E-state index < -0.39 is 0 Å². The topological polar surface area (TPSA) is 17.1 Å². The fourth-order valence-corrected chi connectivity index (χ4v) is 1.83. The summed E-state index contributed by atoms with van der Waals surface area (Å²) in [5.41, 5.74) is 0. The maximum absolute atomic E-state index is 10.2. The third-order valence-corrected chi connectivity index (χ3v) is 2.79. The third-order valence-electron chi connectivity index (χ3n) is 2.79. The van der Waals surface area contributed by atoms with Crippen LogP contribution in [0.5, 0.6) is 0 Å². The average molecular weight is 124 g/mol. The molecule has 0 aromatic heterocycles. The van der Waals surface area contributed by atoms with Crippen molar-refractivity contribution in [2.75, 3.05) is 0 Å². The van der Waals surface area contributed by atoms with E-state index in [1.165, 1.54) is 12.8 Å². The van der Waals surface area contributed by atoms with Crippen LogP contribution in [0.2, 0.25) is 0 Å². The van der Waals surface area contributed by atoms with Gasteiger partial charge in [0, 0.05) is 5.92 Å². The van der Waals surface area contributed by atoms with E-state index in [2.05, 4.69) is 6.92 Å². The molecular formula is C8H12O. The SMILES string of the molecule is CC1CC1C1CC1C=O. The van der Waals surface area contributed by atoms with Gasteiger partial charge in [-0.15, -0.1) is 0 Å². The van der Waals surface area contributed by atoms with Gasteiger partial charge in [0.1, 0.15) is 6.29 Å². The summed E-state index contributed by atoms with van der Waals surface area (Å²) in [6.45, 7) is 2.28. The van der Waals surface area contributed by atoms with Crippen molar-refractivity contribution in [3.63, 3.8) is 0 Å². The molecule has 0 heterocycles. The van der Waals surface area contributed by atoms with Gasteiger partial charge in [0.2, 0.25) is 0 Å². The summed E-state index contributed by atoms with van der Waals surface area (Å²) in [7, 11) is 0. The van der Waals surface area contributed by atoms with Crippen molar-refractivity contribution >= 4 is 6.29 Å². The Bertz CT molecular complexity index is 142. The van der Waals surface area contributed by atoms with Gasteiger partial charge in [-0.05, 0) is 30.6 Å². The summed E-state index contributed by atoms with van der Waals surface area (Å²) in [4.78, 5) is 10.2. The normalized spacial score (nSPS) is 54.8. The van der Waals surface area contributed by atoms with Crippen molar-refractivity contribution in [2.45, 2.75) is 19.8 Å². The summed E-state index contributed by atoms with van der Waals surface area (Å²) < 4.78 is 0. The number of carbonyl (C=O) groups excluding carboxylic acids is 1. The molecule has 0 aromatic carbocycles. The van der Waals surface area contributed by atoms with Crippen LogP contribution < -0.4 is 0 Å². The molecule has 4 atom stereocenters. The van der Waals surface area contributed by atoms with Crippen LogP contribution in [0.15, 0.2) is 0 Å². The molecule has 0 saturated heterocycles. The molecule has 2 fully saturated rings. The third kappa shape index (κ3) is 0.790. The van der Waals surface area contributed by atoms with Crippen molar-refractivity contribution < 1.29 is 4.79 Å². The summed E-state index contributed by atoms with van der Waals surface area (Å²) in [6, 6.07) is 0. The summed E-state index contributed by atoms with van der Waals surface area (Å²) in [5.74, 6) is 3.12. The molecule has 2 saturated carbocycles. The minimum atomic E-state index is 0.458. The molecule has 2 aliphatic rings. The molecule has 9 heavy (non-hydrogen) atoms. The molecular weight excluding hydrogens is 112 g/mol. The standard InChI is InChI=1S/C8H12O/c1-5-2-7(5)8-3-6(8)4-9/h4-8H,2-3H2,1H3. The van der Waals surface area contributed by atoms with Crippen LogP contribution in [0.25, 0.3) is 0 Å². The maximum atomic E-state index is 10.2. The van der Waals surface area contributed by atoms with E-state index in [1.807, 2.05) is 0 Å². The van der Waals surface area contributed by atoms with Gasteiger partial charge in [-0.3, -0.25) is 0 Å². The lowest BCUT2D eigenvalue weighted by molar-refractivity contribution is -0.109. The number of hydrogen-bond donors (Lipinski definition) is 0. The zero-order valence-corrected chi connectivity index (χ0v) is 5.71. The Hall–Kier alpha value is -0.330. The molecule has 0 bridgehead atoms. The second kappa shape index (κ2) is 1.59. The molecule has 2 rings (SSSR count). The molecule has 0 amide bonds. The molecule has 4 unspecified atom stereocenters. The van der Waals surface area contributed by atoms with E-state index >= 15 is 0 Å². The summed E-state index contributed by atoms with van der Waals surface area (Å²) in [5, 5.41) is 0. The molecule has 2 aliphatic carbocycles. The van der Waals surface area contributed by atoms with Gasteiger partial charge in [0.15, 0.2) is 0 Å². The first-order valence-electron chi connectivity index (χ1n) is 3.78. The zero-order valence-electron chi connectivity index (χ0n) is 5.71. The smallest absolute Gasteiger partial charge is 0.123 e. The van der Waals surface area contributed by atoms with Crippen LogP contribution >= 0.6 is 0 Å². The highest BCUT2D eigenvalue weighted by atomic mass is 16.1. The first-order chi connectivity index (χ1) is 4.33. The van der Waals surface area contributed by atoms with Crippen molar-refractivity contribution in [3.05, 3.63) is 0 Å². The largest absolute Gasteiger partial charge is 0.303 e. The minimum Gasteiger partial charge on any atom is -0.303 e. The highest BCUT2D eigenvalue weighted by molar-refractivity contribution is 5.58. The lowest BCUT2D eigenvalue weighted by Gasteiger charge is -1.86. The Morgan fingerprint density at radius 3 is 2.33 bits per heavy atom. The molecule has 0 aliphatic heterocycles. The van der Waals surface area contributed by atoms with Crippen LogP contribution in [0.3, 0.4) is 0 Å². The number of aldehydes is 1. The second-order valence-corrected chi connectivity index (χ2v) is 3.58. The van der Waals surface area contributed by atoms with Crippen LogP contribution in [0.4, 0.5) is 0 Å². The Kier molecular flexibility index (Phi) is 0.961. The van der Waals surface area contributed by atoms with Crippen LogP contribution in [0, 0.1) is 23.7 Å². The molecule has 1 nitrogen and oxygen atoms in total. The maximum Gasteiger partial charge on any atom is 0.123 e. The Labute approximate surface area is 55.4 Å². The molecule has 50 valence electrons. The van der Waals surface area contributed by atoms with Gasteiger partial charge in [-0.2, -0.15) is 0 Å². The number of rotatable bonds is 2. The van der Waals surface area contributed by atoms with Crippen LogP contribution in [-0.4, -0.2) is 6.29 Å². The van der Waals surface area contributed by atoms with Crippen molar-refractivity contribution in [1.29, 1.82) is 0 Å². The van der Waals surface area contributed by atoms with Gasteiger partial charge in [-0.1, -0.05) is 6.92 Å². The van der Waals surface area contributed by atoms with Gasteiger partial charge < -0.3 is 4.79 Å². The van der Waals surface area contributed by atoms with Gasteiger partial charge in [-0.25, -0.2) is 0 Å². The summed E-state index contributed by atoms with van der Waals surface area (Å²) >= 11 is 0. The zero-order chi connectivity index (χ0) is 6.43.